The average molecular weight is 506 g/mol. The van der Waals surface area contributed by atoms with E-state index in [9.17, 15) is 10.2 Å². The molecule has 0 aliphatic rings. The highest BCUT2D eigenvalue weighted by atomic mass is 35.5. The molecule has 0 saturated heterocycles. The molecule has 3 nitrogen and oxygen atoms in total. The van der Waals surface area contributed by atoms with Gasteiger partial charge in [-0.3, -0.25) is 0 Å². The quantitative estimate of drug-likeness (QED) is 0.122. The van der Waals surface area contributed by atoms with Crippen molar-refractivity contribution in [2.24, 2.45) is 0 Å². The van der Waals surface area contributed by atoms with Gasteiger partial charge in [0.1, 0.15) is 12.6 Å². The Balaban J connectivity index is 0. The van der Waals surface area contributed by atoms with E-state index in [1.54, 1.807) is 0 Å². The summed E-state index contributed by atoms with van der Waals surface area (Å²) in [5.41, 5.74) is 0. The van der Waals surface area contributed by atoms with Gasteiger partial charge >= 0.3 is 0 Å². The lowest BCUT2D eigenvalue weighted by Gasteiger charge is -2.33. The van der Waals surface area contributed by atoms with E-state index in [0.717, 1.165) is 30.3 Å². The monoisotopic (exact) mass is 505 g/mol. The molecule has 0 heterocycles. The summed E-state index contributed by atoms with van der Waals surface area (Å²) < 4.78 is 0.786. The van der Waals surface area contributed by atoms with Gasteiger partial charge in [-0.15, -0.1) is 0 Å². The van der Waals surface area contributed by atoms with Gasteiger partial charge in [0.25, 0.3) is 0 Å². The van der Waals surface area contributed by atoms with Gasteiger partial charge in [-0.1, -0.05) is 142 Å². The van der Waals surface area contributed by atoms with E-state index in [1.165, 1.54) is 122 Å². The first-order chi connectivity index (χ1) is 15.9. The van der Waals surface area contributed by atoms with Gasteiger partial charge in [0.05, 0.1) is 26.7 Å². The number of quaternary nitrogens is 1. The smallest absolute Gasteiger partial charge is 0.129 e. The lowest BCUT2D eigenvalue weighted by Crippen LogP contribution is -3.00. The zero-order chi connectivity index (χ0) is 24.6. The second-order valence-corrected chi connectivity index (χ2v) is 11.5. The highest BCUT2D eigenvalue weighted by molar-refractivity contribution is 4.67. The van der Waals surface area contributed by atoms with Crippen molar-refractivity contribution in [1.29, 1.82) is 0 Å². The van der Waals surface area contributed by atoms with Crippen LogP contribution in [0.4, 0.5) is 0 Å². The number of aliphatic hydroxyl groups excluding tert-OH is 2. The summed E-state index contributed by atoms with van der Waals surface area (Å²) in [6.07, 6.45) is 28.4. The van der Waals surface area contributed by atoms with Crippen molar-refractivity contribution >= 4 is 0 Å². The van der Waals surface area contributed by atoms with Crippen molar-refractivity contribution in [3.05, 3.63) is 0 Å². The summed E-state index contributed by atoms with van der Waals surface area (Å²) in [5, 5.41) is 20.5. The Morgan fingerprint density at radius 2 is 0.794 bits per heavy atom. The molecule has 0 spiro atoms. The minimum atomic E-state index is -0.591. The van der Waals surface area contributed by atoms with Gasteiger partial charge < -0.3 is 27.1 Å². The molecule has 0 aromatic heterocycles. The van der Waals surface area contributed by atoms with Crippen LogP contribution >= 0.6 is 0 Å². The van der Waals surface area contributed by atoms with Gasteiger partial charge in [0.15, 0.2) is 0 Å². The van der Waals surface area contributed by atoms with Crippen LogP contribution in [0, 0.1) is 0 Å². The van der Waals surface area contributed by atoms with E-state index in [1.807, 2.05) is 0 Å². The van der Waals surface area contributed by atoms with Crippen molar-refractivity contribution < 1.29 is 27.1 Å². The molecular formula is C30H64ClNO2. The summed E-state index contributed by atoms with van der Waals surface area (Å²) in [6.45, 7) is 6.15. The first kappa shape index (κ1) is 36.3. The normalized spacial score (nSPS) is 13.6. The molecule has 0 rings (SSSR count). The zero-order valence-electron chi connectivity index (χ0n) is 23.8. The second-order valence-electron chi connectivity index (χ2n) is 11.5. The van der Waals surface area contributed by atoms with Crippen LogP contribution in [0.25, 0.3) is 0 Å². The molecule has 0 aliphatic heterocycles. The Bertz CT molecular complexity index is 392. The van der Waals surface area contributed by atoms with Crippen molar-refractivity contribution in [3.8, 4) is 0 Å². The fourth-order valence-electron chi connectivity index (χ4n) is 5.13. The van der Waals surface area contributed by atoms with Crippen LogP contribution in [0.3, 0.4) is 0 Å². The number of likely N-dealkylation sites (N-methyl/N-ethyl adjacent to an activating group) is 1. The van der Waals surface area contributed by atoms with Crippen LogP contribution in [0.1, 0.15) is 155 Å². The van der Waals surface area contributed by atoms with Crippen molar-refractivity contribution in [2.75, 3.05) is 27.2 Å². The van der Waals surface area contributed by atoms with Gasteiger partial charge in [-0.25, -0.2) is 0 Å². The number of hydrogen-bond donors (Lipinski definition) is 2. The molecule has 0 amide bonds. The number of hydrogen-bond acceptors (Lipinski definition) is 2. The third-order valence-electron chi connectivity index (χ3n) is 7.31. The molecule has 0 aromatic rings. The summed E-state index contributed by atoms with van der Waals surface area (Å²) in [4.78, 5) is 0. The van der Waals surface area contributed by atoms with E-state index in [4.69, 9.17) is 0 Å². The predicted octanol–water partition coefficient (Wildman–Crippen LogP) is 5.41. The maximum absolute atomic E-state index is 10.3. The van der Waals surface area contributed by atoms with E-state index in [2.05, 4.69) is 27.9 Å². The summed E-state index contributed by atoms with van der Waals surface area (Å²) in [7, 11) is 4.27. The highest BCUT2D eigenvalue weighted by Crippen LogP contribution is 2.16. The molecule has 0 aliphatic carbocycles. The highest BCUT2D eigenvalue weighted by Gasteiger charge is 2.25. The standard InChI is InChI=1S/C30H64NO2.ClH/c1-5-7-8-9-10-11-12-13-14-15-16-17-18-19-20-21-22-23-24-25-26-29(32)30(33)28-31(3,4)27-6-2;/h29-30,32-33H,5-28H2,1-4H3;1H/q+1;/p-1. The molecule has 0 bridgehead atoms. The summed E-state index contributed by atoms with van der Waals surface area (Å²) >= 11 is 0. The topological polar surface area (TPSA) is 40.5 Å². The Morgan fingerprint density at radius 1 is 0.471 bits per heavy atom. The van der Waals surface area contributed by atoms with E-state index < -0.39 is 12.2 Å². The molecule has 0 saturated carbocycles. The molecule has 0 aromatic carbocycles. The van der Waals surface area contributed by atoms with Crippen LogP contribution in [0.2, 0.25) is 0 Å². The Labute approximate surface area is 221 Å². The molecule has 34 heavy (non-hydrogen) atoms. The molecule has 0 fully saturated rings. The Morgan fingerprint density at radius 3 is 1.12 bits per heavy atom. The lowest BCUT2D eigenvalue weighted by molar-refractivity contribution is -0.893. The number of aliphatic hydroxyl groups is 2. The van der Waals surface area contributed by atoms with Crippen LogP contribution in [0.15, 0.2) is 0 Å². The fraction of sp³-hybridized carbons (Fsp3) is 1.00. The number of halogens is 1. The Hall–Kier alpha value is 0.170. The largest absolute Gasteiger partial charge is 1.00 e. The number of rotatable bonds is 26. The van der Waals surface area contributed by atoms with Crippen molar-refractivity contribution in [1.82, 2.24) is 0 Å². The minimum Gasteiger partial charge on any atom is -1.00 e. The van der Waals surface area contributed by atoms with E-state index in [0.29, 0.717) is 6.54 Å². The van der Waals surface area contributed by atoms with Crippen LogP contribution in [-0.4, -0.2) is 54.1 Å². The fourth-order valence-corrected chi connectivity index (χ4v) is 5.13. The summed E-state index contributed by atoms with van der Waals surface area (Å²) in [5.74, 6) is 0. The number of unbranched alkanes of at least 4 members (excludes halogenated alkanes) is 19. The first-order valence-electron chi connectivity index (χ1n) is 15.1. The molecule has 4 heteroatoms. The van der Waals surface area contributed by atoms with Gasteiger partial charge in [0, 0.05) is 0 Å². The van der Waals surface area contributed by atoms with E-state index in [-0.39, 0.29) is 12.4 Å². The maximum atomic E-state index is 10.3. The predicted molar refractivity (Wildman–Crippen MR) is 147 cm³/mol. The van der Waals surface area contributed by atoms with Crippen LogP contribution < -0.4 is 12.4 Å². The molecule has 2 unspecified atom stereocenters. The summed E-state index contributed by atoms with van der Waals surface area (Å²) in [6, 6.07) is 0. The molecule has 2 N–H and O–H groups in total. The third kappa shape index (κ3) is 25.3. The molecular weight excluding hydrogens is 442 g/mol. The van der Waals surface area contributed by atoms with Crippen LogP contribution in [0.5, 0.6) is 0 Å². The molecule has 0 radical (unpaired) electrons. The van der Waals surface area contributed by atoms with Gasteiger partial charge in [-0.05, 0) is 12.8 Å². The first-order valence-corrected chi connectivity index (χ1v) is 15.1. The SMILES string of the molecule is CCCCCCCCCCCCCCCCCCCCCCC(O)C(O)C[N+](C)(C)CCC.[Cl-]. The lowest BCUT2D eigenvalue weighted by atomic mass is 10.0. The van der Waals surface area contributed by atoms with Gasteiger partial charge in [-0.2, -0.15) is 0 Å². The Kier molecular flexibility index (Phi) is 28.0. The minimum absolute atomic E-state index is 0. The third-order valence-corrected chi connectivity index (χ3v) is 7.31. The van der Waals surface area contributed by atoms with Crippen molar-refractivity contribution in [2.45, 2.75) is 167 Å². The van der Waals surface area contributed by atoms with Crippen molar-refractivity contribution in [3.63, 3.8) is 0 Å². The average Bonchev–Trinajstić information content (AvgIpc) is 2.77. The van der Waals surface area contributed by atoms with E-state index >= 15 is 0 Å². The number of nitrogens with zero attached hydrogens (tertiary/aromatic N) is 1. The zero-order valence-corrected chi connectivity index (χ0v) is 24.6. The van der Waals surface area contributed by atoms with Gasteiger partial charge in [0.2, 0.25) is 0 Å². The van der Waals surface area contributed by atoms with Crippen LogP contribution in [-0.2, 0) is 0 Å². The molecule has 208 valence electrons. The second kappa shape index (κ2) is 26.2. The maximum Gasteiger partial charge on any atom is 0.129 e. The molecule has 2 atom stereocenters.